The Balaban J connectivity index is 2.20. The van der Waals surface area contributed by atoms with E-state index in [4.69, 9.17) is 0 Å². The minimum atomic E-state index is -2.44. The second kappa shape index (κ2) is 5.22. The molecule has 2 aromatic carbocycles. The smallest absolute Gasteiger partial charge is 0.212 e. The fourth-order valence-corrected chi connectivity index (χ4v) is 2.32. The van der Waals surface area contributed by atoms with Gasteiger partial charge in [-0.15, -0.1) is 0 Å². The first kappa shape index (κ1) is 12.5. The maximum atomic E-state index is 11.1. The molecular formula is C15H10N2O2S. The fraction of sp³-hybridized carbons (Fsp3) is 0. The molecule has 1 heterocycles. The Morgan fingerprint density at radius 1 is 0.650 bits per heavy atom. The van der Waals surface area contributed by atoms with Crippen LogP contribution in [-0.2, 0) is 10.3 Å². The molecular weight excluding hydrogens is 272 g/mol. The van der Waals surface area contributed by atoms with Crippen LogP contribution in [0.25, 0.3) is 0 Å². The molecule has 0 N–H and O–H groups in total. The molecule has 0 bridgehead atoms. The number of aliphatic imine (C=N–C) groups is 2. The molecule has 0 aromatic heterocycles. The average molecular weight is 282 g/mol. The quantitative estimate of drug-likeness (QED) is 0.790. The van der Waals surface area contributed by atoms with Crippen LogP contribution in [0.3, 0.4) is 0 Å². The number of hydrogen-bond acceptors (Lipinski definition) is 2. The lowest BCUT2D eigenvalue weighted by molar-refractivity contribution is 0.626. The molecule has 0 fully saturated rings. The molecule has 0 aliphatic carbocycles. The summed E-state index contributed by atoms with van der Waals surface area (Å²) in [4.78, 5) is 8.27. The van der Waals surface area contributed by atoms with Crippen LogP contribution in [0.1, 0.15) is 11.1 Å². The Labute approximate surface area is 117 Å². The van der Waals surface area contributed by atoms with E-state index in [1.807, 2.05) is 60.7 Å². The van der Waals surface area contributed by atoms with Crippen LogP contribution in [-0.4, -0.2) is 25.0 Å². The van der Waals surface area contributed by atoms with Gasteiger partial charge in [-0.05, 0) is 0 Å². The summed E-state index contributed by atoms with van der Waals surface area (Å²) in [6.45, 7) is 0. The first-order chi connectivity index (χ1) is 9.75. The van der Waals surface area contributed by atoms with Crippen LogP contribution in [0.5, 0.6) is 0 Å². The van der Waals surface area contributed by atoms with Gasteiger partial charge in [0.2, 0.25) is 0 Å². The molecule has 1 aliphatic rings. The maximum Gasteiger partial charge on any atom is 0.277 e. The predicted molar refractivity (Wildman–Crippen MR) is 79.9 cm³/mol. The second-order valence-corrected chi connectivity index (χ2v) is 5.00. The molecule has 98 valence electrons. The molecule has 0 amide bonds. The van der Waals surface area contributed by atoms with Gasteiger partial charge in [-0.2, -0.15) is 8.42 Å². The molecule has 3 rings (SSSR count). The zero-order chi connectivity index (χ0) is 13.9. The molecule has 0 atom stereocenters. The zero-order valence-corrected chi connectivity index (χ0v) is 11.2. The van der Waals surface area contributed by atoms with E-state index >= 15 is 0 Å². The van der Waals surface area contributed by atoms with Crippen molar-refractivity contribution in [3.05, 3.63) is 71.8 Å². The van der Waals surface area contributed by atoms with Gasteiger partial charge in [0, 0.05) is 11.1 Å². The largest absolute Gasteiger partial charge is 0.277 e. The SMILES string of the molecule is O=S(=O)=C1N=C(c2ccccc2)C(c2ccccc2)=N1. The highest BCUT2D eigenvalue weighted by atomic mass is 32.2. The van der Waals surface area contributed by atoms with E-state index in [0.717, 1.165) is 11.1 Å². The van der Waals surface area contributed by atoms with Crippen LogP contribution in [0, 0.1) is 0 Å². The van der Waals surface area contributed by atoms with Crippen LogP contribution in [0.15, 0.2) is 70.6 Å². The van der Waals surface area contributed by atoms with Gasteiger partial charge in [0.15, 0.2) is 0 Å². The molecule has 0 spiro atoms. The van der Waals surface area contributed by atoms with Crippen LogP contribution in [0.2, 0.25) is 0 Å². The lowest BCUT2D eigenvalue weighted by atomic mass is 10.0. The van der Waals surface area contributed by atoms with Gasteiger partial charge >= 0.3 is 0 Å². The van der Waals surface area contributed by atoms with Gasteiger partial charge in [-0.3, -0.25) is 0 Å². The summed E-state index contributed by atoms with van der Waals surface area (Å²) in [5.41, 5.74) is 2.85. The maximum absolute atomic E-state index is 11.1. The Bertz CT molecular complexity index is 770. The second-order valence-electron chi connectivity index (χ2n) is 4.17. The first-order valence-corrected chi connectivity index (χ1v) is 7.08. The summed E-state index contributed by atoms with van der Waals surface area (Å²) in [6, 6.07) is 18.9. The third-order valence-corrected chi connectivity index (χ3v) is 3.36. The van der Waals surface area contributed by atoms with Crippen LogP contribution < -0.4 is 0 Å². The van der Waals surface area contributed by atoms with Crippen molar-refractivity contribution in [1.82, 2.24) is 0 Å². The Morgan fingerprint density at radius 2 is 1.05 bits per heavy atom. The summed E-state index contributed by atoms with van der Waals surface area (Å²) in [7, 11) is -2.44. The molecule has 0 saturated carbocycles. The normalized spacial score (nSPS) is 13.9. The van der Waals surface area contributed by atoms with Gasteiger partial charge in [0.25, 0.3) is 15.4 Å². The summed E-state index contributed by atoms with van der Waals surface area (Å²) < 4.78 is 22.2. The summed E-state index contributed by atoms with van der Waals surface area (Å²) in [5.74, 6) is 0. The summed E-state index contributed by atoms with van der Waals surface area (Å²) in [5, 5.41) is -0.178. The molecule has 2 aromatic rings. The highest BCUT2D eigenvalue weighted by Crippen LogP contribution is 2.15. The highest BCUT2D eigenvalue weighted by molar-refractivity contribution is 7.73. The van der Waals surface area contributed by atoms with E-state index < -0.39 is 10.3 Å². The third-order valence-electron chi connectivity index (χ3n) is 2.88. The van der Waals surface area contributed by atoms with E-state index in [-0.39, 0.29) is 5.11 Å². The summed E-state index contributed by atoms with van der Waals surface area (Å²) in [6.07, 6.45) is 0. The highest BCUT2D eigenvalue weighted by Gasteiger charge is 2.21. The zero-order valence-electron chi connectivity index (χ0n) is 10.4. The fourth-order valence-electron chi connectivity index (χ4n) is 1.99. The van der Waals surface area contributed by atoms with Crippen molar-refractivity contribution in [1.29, 1.82) is 0 Å². The van der Waals surface area contributed by atoms with Crippen molar-refractivity contribution >= 4 is 26.8 Å². The van der Waals surface area contributed by atoms with Crippen molar-refractivity contribution < 1.29 is 8.42 Å². The number of rotatable bonds is 2. The van der Waals surface area contributed by atoms with E-state index in [0.29, 0.717) is 11.4 Å². The van der Waals surface area contributed by atoms with Gasteiger partial charge in [0.1, 0.15) is 11.4 Å². The third kappa shape index (κ3) is 2.31. The van der Waals surface area contributed by atoms with Crippen molar-refractivity contribution in [3.8, 4) is 0 Å². The predicted octanol–water partition coefficient (Wildman–Crippen LogP) is 1.95. The van der Waals surface area contributed by atoms with E-state index in [2.05, 4.69) is 9.98 Å². The number of hydrogen-bond donors (Lipinski definition) is 0. The minimum absolute atomic E-state index is 0.178. The van der Waals surface area contributed by atoms with E-state index in [9.17, 15) is 8.42 Å². The van der Waals surface area contributed by atoms with Crippen molar-refractivity contribution in [2.75, 3.05) is 0 Å². The van der Waals surface area contributed by atoms with Gasteiger partial charge in [-0.25, -0.2) is 9.98 Å². The molecule has 0 radical (unpaired) electrons. The Hall–Kier alpha value is -2.53. The average Bonchev–Trinajstić information content (AvgIpc) is 2.94. The van der Waals surface area contributed by atoms with E-state index in [1.165, 1.54) is 0 Å². The molecule has 4 nitrogen and oxygen atoms in total. The molecule has 5 heteroatoms. The van der Waals surface area contributed by atoms with E-state index in [1.54, 1.807) is 0 Å². The van der Waals surface area contributed by atoms with Crippen molar-refractivity contribution in [2.24, 2.45) is 9.98 Å². The topological polar surface area (TPSA) is 58.9 Å². The molecule has 1 aliphatic heterocycles. The molecule has 0 unspecified atom stereocenters. The van der Waals surface area contributed by atoms with Crippen molar-refractivity contribution in [2.45, 2.75) is 0 Å². The van der Waals surface area contributed by atoms with Gasteiger partial charge < -0.3 is 0 Å². The number of nitrogens with zero attached hydrogens (tertiary/aromatic N) is 2. The lowest BCUT2D eigenvalue weighted by Crippen LogP contribution is -2.13. The lowest BCUT2D eigenvalue weighted by Gasteiger charge is -2.04. The van der Waals surface area contributed by atoms with Gasteiger partial charge in [0.05, 0.1) is 0 Å². The standard InChI is InChI=1S/C15H10N2O2S/c18-20(19)15-16-13(11-7-3-1-4-8-11)14(17-15)12-9-5-2-6-10-12/h1-10H. The van der Waals surface area contributed by atoms with Crippen LogP contribution in [0.4, 0.5) is 0 Å². The minimum Gasteiger partial charge on any atom is -0.212 e. The summed E-state index contributed by atoms with van der Waals surface area (Å²) >= 11 is 0. The Morgan fingerprint density at radius 3 is 1.40 bits per heavy atom. The number of benzene rings is 2. The van der Waals surface area contributed by atoms with Crippen LogP contribution >= 0.6 is 0 Å². The van der Waals surface area contributed by atoms with Gasteiger partial charge in [-0.1, -0.05) is 60.7 Å². The Kier molecular flexibility index (Phi) is 3.26. The molecule has 0 saturated heterocycles. The van der Waals surface area contributed by atoms with Crippen molar-refractivity contribution in [3.63, 3.8) is 0 Å². The molecule has 20 heavy (non-hydrogen) atoms. The first-order valence-electron chi connectivity index (χ1n) is 6.00. The monoisotopic (exact) mass is 282 g/mol.